The number of carbonyl (C=O) groups is 2. The van der Waals surface area contributed by atoms with Crippen LogP contribution in [-0.4, -0.2) is 18.7 Å². The predicted molar refractivity (Wildman–Crippen MR) is 58.5 cm³/mol. The van der Waals surface area contributed by atoms with Crippen LogP contribution in [-0.2, 0) is 16.0 Å². The molecule has 0 saturated carbocycles. The van der Waals surface area contributed by atoms with Crippen molar-refractivity contribution < 1.29 is 9.59 Å². The van der Waals surface area contributed by atoms with Crippen molar-refractivity contribution in [1.29, 1.82) is 0 Å². The van der Waals surface area contributed by atoms with Crippen LogP contribution in [0, 0.1) is 0 Å². The van der Waals surface area contributed by atoms with E-state index in [1.165, 1.54) is 0 Å². The number of hydrogen-bond donors (Lipinski definition) is 1. The number of amides is 1. The van der Waals surface area contributed by atoms with Gasteiger partial charge in [0.1, 0.15) is 6.29 Å². The van der Waals surface area contributed by atoms with Gasteiger partial charge < -0.3 is 10.1 Å². The van der Waals surface area contributed by atoms with Gasteiger partial charge in [-0.3, -0.25) is 4.79 Å². The Morgan fingerprint density at radius 2 is 2.00 bits per heavy atom. The Morgan fingerprint density at radius 3 is 2.67 bits per heavy atom. The molecular formula is C12H15NO2. The SMILES string of the molecule is O=CCCNC(=O)CCc1ccccc1. The number of aldehydes is 1. The highest BCUT2D eigenvalue weighted by atomic mass is 16.1. The molecule has 0 saturated heterocycles. The summed E-state index contributed by atoms with van der Waals surface area (Å²) >= 11 is 0. The molecule has 0 radical (unpaired) electrons. The van der Waals surface area contributed by atoms with Crippen molar-refractivity contribution in [2.24, 2.45) is 0 Å². The zero-order chi connectivity index (χ0) is 10.9. The number of carbonyl (C=O) groups excluding carboxylic acids is 2. The quantitative estimate of drug-likeness (QED) is 0.562. The summed E-state index contributed by atoms with van der Waals surface area (Å²) in [5.74, 6) is 0.000651. The van der Waals surface area contributed by atoms with E-state index in [9.17, 15) is 9.59 Å². The molecule has 1 aromatic carbocycles. The second-order valence-corrected chi connectivity index (χ2v) is 3.29. The van der Waals surface area contributed by atoms with E-state index < -0.39 is 0 Å². The average Bonchev–Trinajstić information content (AvgIpc) is 2.28. The second kappa shape index (κ2) is 6.76. The average molecular weight is 205 g/mol. The highest BCUT2D eigenvalue weighted by Crippen LogP contribution is 2.01. The summed E-state index contributed by atoms with van der Waals surface area (Å²) in [4.78, 5) is 21.3. The molecule has 1 aromatic rings. The lowest BCUT2D eigenvalue weighted by atomic mass is 10.1. The van der Waals surface area contributed by atoms with E-state index in [4.69, 9.17) is 0 Å². The normalized spacial score (nSPS) is 9.60. The Balaban J connectivity index is 2.20. The predicted octanol–water partition coefficient (Wildman–Crippen LogP) is 1.32. The summed E-state index contributed by atoms with van der Waals surface area (Å²) in [6.07, 6.45) is 2.41. The van der Waals surface area contributed by atoms with Crippen molar-refractivity contribution >= 4 is 12.2 Å². The van der Waals surface area contributed by atoms with Crippen LogP contribution in [0.1, 0.15) is 18.4 Å². The first-order valence-corrected chi connectivity index (χ1v) is 5.07. The van der Waals surface area contributed by atoms with Crippen molar-refractivity contribution in [3.63, 3.8) is 0 Å². The summed E-state index contributed by atoms with van der Waals surface area (Å²) in [6, 6.07) is 9.87. The Kier molecular flexibility index (Phi) is 5.15. The maximum Gasteiger partial charge on any atom is 0.220 e. The van der Waals surface area contributed by atoms with E-state index >= 15 is 0 Å². The molecule has 0 aromatic heterocycles. The molecule has 15 heavy (non-hydrogen) atoms. The topological polar surface area (TPSA) is 46.2 Å². The van der Waals surface area contributed by atoms with Gasteiger partial charge in [0.2, 0.25) is 5.91 Å². The first-order chi connectivity index (χ1) is 7.33. The van der Waals surface area contributed by atoms with Crippen molar-refractivity contribution in [2.45, 2.75) is 19.3 Å². The molecule has 0 unspecified atom stereocenters. The van der Waals surface area contributed by atoms with Crippen LogP contribution in [0.2, 0.25) is 0 Å². The molecule has 3 heteroatoms. The fraction of sp³-hybridized carbons (Fsp3) is 0.333. The molecule has 1 N–H and O–H groups in total. The Morgan fingerprint density at radius 1 is 1.27 bits per heavy atom. The van der Waals surface area contributed by atoms with Crippen LogP contribution in [0.4, 0.5) is 0 Å². The molecule has 1 amide bonds. The fourth-order valence-corrected chi connectivity index (χ4v) is 1.26. The molecule has 1 rings (SSSR count). The fourth-order valence-electron chi connectivity index (χ4n) is 1.26. The molecule has 0 aliphatic rings. The first-order valence-electron chi connectivity index (χ1n) is 5.07. The van der Waals surface area contributed by atoms with Gasteiger partial charge in [0.05, 0.1) is 0 Å². The van der Waals surface area contributed by atoms with E-state index in [1.54, 1.807) is 0 Å². The highest BCUT2D eigenvalue weighted by Gasteiger charge is 2.00. The van der Waals surface area contributed by atoms with Crippen LogP contribution in [0.3, 0.4) is 0 Å². The number of nitrogens with one attached hydrogen (secondary N) is 1. The van der Waals surface area contributed by atoms with Gasteiger partial charge in [0, 0.05) is 19.4 Å². The van der Waals surface area contributed by atoms with E-state index in [1.807, 2.05) is 30.3 Å². The minimum atomic E-state index is 0.000651. The molecule has 0 aliphatic carbocycles. The Hall–Kier alpha value is -1.64. The van der Waals surface area contributed by atoms with E-state index in [0.29, 0.717) is 19.4 Å². The first kappa shape index (κ1) is 11.4. The van der Waals surface area contributed by atoms with Crippen LogP contribution < -0.4 is 5.32 Å². The summed E-state index contributed by atoms with van der Waals surface area (Å²) < 4.78 is 0. The molecule has 0 spiro atoms. The Bertz CT molecular complexity index is 309. The summed E-state index contributed by atoms with van der Waals surface area (Å²) in [6.45, 7) is 0.442. The van der Waals surface area contributed by atoms with Gasteiger partial charge in [0.25, 0.3) is 0 Å². The molecule has 0 atom stereocenters. The molecule has 0 bridgehead atoms. The third kappa shape index (κ3) is 4.96. The molecule has 0 fully saturated rings. The third-order valence-corrected chi connectivity index (χ3v) is 2.07. The smallest absolute Gasteiger partial charge is 0.220 e. The number of benzene rings is 1. The summed E-state index contributed by atoms with van der Waals surface area (Å²) in [5.41, 5.74) is 1.16. The molecule has 0 aliphatic heterocycles. The highest BCUT2D eigenvalue weighted by molar-refractivity contribution is 5.76. The van der Waals surface area contributed by atoms with Crippen molar-refractivity contribution in [3.05, 3.63) is 35.9 Å². The zero-order valence-electron chi connectivity index (χ0n) is 8.61. The van der Waals surface area contributed by atoms with Crippen molar-refractivity contribution in [2.75, 3.05) is 6.54 Å². The maximum absolute atomic E-state index is 11.3. The summed E-state index contributed by atoms with van der Waals surface area (Å²) in [5, 5.41) is 2.68. The van der Waals surface area contributed by atoms with Gasteiger partial charge in [-0.15, -0.1) is 0 Å². The van der Waals surface area contributed by atoms with E-state index in [2.05, 4.69) is 5.32 Å². The summed E-state index contributed by atoms with van der Waals surface area (Å²) in [7, 11) is 0. The molecule has 3 nitrogen and oxygen atoms in total. The number of rotatable bonds is 6. The van der Waals surface area contributed by atoms with Crippen LogP contribution >= 0.6 is 0 Å². The van der Waals surface area contributed by atoms with Crippen LogP contribution in [0.15, 0.2) is 30.3 Å². The van der Waals surface area contributed by atoms with Gasteiger partial charge in [-0.2, -0.15) is 0 Å². The van der Waals surface area contributed by atoms with Gasteiger partial charge in [-0.25, -0.2) is 0 Å². The van der Waals surface area contributed by atoms with Gasteiger partial charge in [-0.05, 0) is 12.0 Å². The lowest BCUT2D eigenvalue weighted by Crippen LogP contribution is -2.24. The minimum absolute atomic E-state index is 0.000651. The Labute approximate surface area is 89.5 Å². The van der Waals surface area contributed by atoms with Crippen molar-refractivity contribution in [3.8, 4) is 0 Å². The maximum atomic E-state index is 11.3. The molecular weight excluding hydrogens is 190 g/mol. The third-order valence-electron chi connectivity index (χ3n) is 2.07. The van der Waals surface area contributed by atoms with Crippen molar-refractivity contribution in [1.82, 2.24) is 5.32 Å². The lowest BCUT2D eigenvalue weighted by molar-refractivity contribution is -0.121. The largest absolute Gasteiger partial charge is 0.356 e. The van der Waals surface area contributed by atoms with E-state index in [0.717, 1.165) is 18.3 Å². The van der Waals surface area contributed by atoms with E-state index in [-0.39, 0.29) is 5.91 Å². The standard InChI is InChI=1S/C12H15NO2/c14-10-4-9-13-12(15)8-7-11-5-2-1-3-6-11/h1-3,5-6,10H,4,7-9H2,(H,13,15). The second-order valence-electron chi connectivity index (χ2n) is 3.29. The van der Waals surface area contributed by atoms with Crippen LogP contribution in [0.25, 0.3) is 0 Å². The molecule has 0 heterocycles. The minimum Gasteiger partial charge on any atom is -0.356 e. The number of hydrogen-bond acceptors (Lipinski definition) is 2. The number of aryl methyl sites for hydroxylation is 1. The monoisotopic (exact) mass is 205 g/mol. The zero-order valence-corrected chi connectivity index (χ0v) is 8.61. The van der Waals surface area contributed by atoms with Gasteiger partial charge in [0.15, 0.2) is 0 Å². The van der Waals surface area contributed by atoms with Crippen LogP contribution in [0.5, 0.6) is 0 Å². The molecule has 80 valence electrons. The van der Waals surface area contributed by atoms with Gasteiger partial charge in [-0.1, -0.05) is 30.3 Å². The van der Waals surface area contributed by atoms with Gasteiger partial charge >= 0.3 is 0 Å². The lowest BCUT2D eigenvalue weighted by Gasteiger charge is -2.02.